The van der Waals surface area contributed by atoms with Crippen LogP contribution in [0.25, 0.3) is 0 Å². The molecule has 0 bridgehead atoms. The van der Waals surface area contributed by atoms with Crippen molar-refractivity contribution >= 4 is 0 Å². The fraction of sp³-hybridized carbons (Fsp3) is 0.538. The van der Waals surface area contributed by atoms with Crippen LogP contribution in [-0.2, 0) is 23.6 Å². The number of hydrogen-bond acceptors (Lipinski definition) is 0. The topological polar surface area (TPSA) is 19.9 Å². The van der Waals surface area contributed by atoms with Crippen molar-refractivity contribution in [3.05, 3.63) is 34.4 Å². The van der Waals surface area contributed by atoms with Crippen LogP contribution in [0.4, 0.5) is 39.5 Å². The van der Waals surface area contributed by atoms with Gasteiger partial charge in [-0.05, 0) is 18.1 Å². The number of halogens is 9. The summed E-state index contributed by atoms with van der Waals surface area (Å²) in [5, 5.41) is 11.8. The lowest BCUT2D eigenvalue weighted by molar-refractivity contribution is -0.152. The molecule has 1 aromatic carbocycles. The molecule has 0 spiro atoms. The minimum absolute atomic E-state index is 0.460. The van der Waals surface area contributed by atoms with Gasteiger partial charge < -0.3 is 0 Å². The highest BCUT2D eigenvalue weighted by molar-refractivity contribution is 5.45. The molecule has 0 aliphatic carbocycles. The average molecular weight is 353 g/mol. The summed E-state index contributed by atoms with van der Waals surface area (Å²) in [6.45, 7) is 2.16. The van der Waals surface area contributed by atoms with E-state index in [0.29, 0.717) is 0 Å². The molecule has 0 fully saturated rings. The summed E-state index contributed by atoms with van der Waals surface area (Å²) in [6, 6.07) is -0.921. The smallest absolute Gasteiger partial charge is 0.228 e. The third-order valence-electron chi connectivity index (χ3n) is 3.01. The SMILES string of the molecule is CC(C)C([O])c1c(C(F)(F)F)cc(C(F)(F)F)cc1C(F)(F)F. The van der Waals surface area contributed by atoms with E-state index >= 15 is 0 Å². The van der Waals surface area contributed by atoms with Crippen molar-refractivity contribution in [3.63, 3.8) is 0 Å². The molecule has 1 unspecified atom stereocenters. The van der Waals surface area contributed by atoms with Gasteiger partial charge in [-0.25, -0.2) is 5.11 Å². The van der Waals surface area contributed by atoms with Gasteiger partial charge in [0.1, 0.15) is 6.10 Å². The zero-order chi connectivity index (χ0) is 18.4. The minimum atomic E-state index is -5.53. The van der Waals surface area contributed by atoms with Crippen LogP contribution in [0.3, 0.4) is 0 Å². The lowest BCUT2D eigenvalue weighted by atomic mass is 9.88. The van der Waals surface area contributed by atoms with Crippen molar-refractivity contribution in [2.75, 3.05) is 0 Å². The quantitative estimate of drug-likeness (QED) is 0.593. The molecule has 1 nitrogen and oxygen atoms in total. The average Bonchev–Trinajstić information content (AvgIpc) is 2.32. The molecule has 1 rings (SSSR count). The lowest BCUT2D eigenvalue weighted by Crippen LogP contribution is -2.23. The zero-order valence-corrected chi connectivity index (χ0v) is 11.6. The Labute approximate surface area is 124 Å². The molecule has 131 valence electrons. The van der Waals surface area contributed by atoms with E-state index in [1.807, 2.05) is 0 Å². The molecular weight excluding hydrogens is 343 g/mol. The summed E-state index contributed by atoms with van der Waals surface area (Å²) in [6.07, 6.45) is -19.0. The first-order valence-electron chi connectivity index (χ1n) is 6.12. The predicted octanol–water partition coefficient (Wildman–Crippen LogP) is 5.87. The van der Waals surface area contributed by atoms with Crippen LogP contribution >= 0.6 is 0 Å². The van der Waals surface area contributed by atoms with Crippen molar-refractivity contribution in [1.82, 2.24) is 0 Å². The van der Waals surface area contributed by atoms with Crippen molar-refractivity contribution in [3.8, 4) is 0 Å². The predicted molar refractivity (Wildman–Crippen MR) is 59.7 cm³/mol. The number of hydrogen-bond donors (Lipinski definition) is 0. The Kier molecular flexibility index (Phi) is 5.01. The Balaban J connectivity index is 3.90. The molecular formula is C13H10F9O. The molecule has 0 saturated heterocycles. The fourth-order valence-electron chi connectivity index (χ4n) is 1.93. The molecule has 0 saturated carbocycles. The van der Waals surface area contributed by atoms with E-state index in [1.54, 1.807) is 0 Å². The highest BCUT2D eigenvalue weighted by atomic mass is 19.4. The van der Waals surface area contributed by atoms with Gasteiger partial charge in [-0.1, -0.05) is 13.8 Å². The maximum atomic E-state index is 12.9. The van der Waals surface area contributed by atoms with Gasteiger partial charge in [-0.15, -0.1) is 0 Å². The third kappa shape index (κ3) is 4.30. The first kappa shape index (κ1) is 19.6. The number of benzene rings is 1. The van der Waals surface area contributed by atoms with Crippen molar-refractivity contribution in [2.45, 2.75) is 38.5 Å². The van der Waals surface area contributed by atoms with E-state index in [-0.39, 0.29) is 0 Å². The Bertz CT molecular complexity index is 531. The summed E-state index contributed by atoms with van der Waals surface area (Å²) in [7, 11) is 0. The highest BCUT2D eigenvalue weighted by Gasteiger charge is 2.46. The van der Waals surface area contributed by atoms with Gasteiger partial charge in [0.15, 0.2) is 0 Å². The Morgan fingerprint density at radius 2 is 1.09 bits per heavy atom. The van der Waals surface area contributed by atoms with E-state index in [0.717, 1.165) is 13.8 Å². The van der Waals surface area contributed by atoms with Crippen LogP contribution in [0.2, 0.25) is 0 Å². The molecule has 0 aromatic heterocycles. The first-order chi connectivity index (χ1) is 10.1. The minimum Gasteiger partial charge on any atom is -0.228 e. The Morgan fingerprint density at radius 3 is 1.30 bits per heavy atom. The molecule has 1 aromatic rings. The van der Waals surface area contributed by atoms with Crippen molar-refractivity contribution in [2.24, 2.45) is 5.92 Å². The molecule has 0 N–H and O–H groups in total. The van der Waals surface area contributed by atoms with Crippen molar-refractivity contribution < 1.29 is 44.6 Å². The second-order valence-corrected chi connectivity index (χ2v) is 5.14. The molecule has 1 atom stereocenters. The molecule has 0 aliphatic rings. The van der Waals surface area contributed by atoms with Gasteiger partial charge in [0.25, 0.3) is 0 Å². The van der Waals surface area contributed by atoms with E-state index in [9.17, 15) is 44.6 Å². The van der Waals surface area contributed by atoms with Crippen LogP contribution in [-0.4, -0.2) is 0 Å². The highest BCUT2D eigenvalue weighted by Crippen LogP contribution is 2.46. The zero-order valence-electron chi connectivity index (χ0n) is 11.6. The first-order valence-corrected chi connectivity index (χ1v) is 6.12. The van der Waals surface area contributed by atoms with E-state index in [1.165, 1.54) is 0 Å². The van der Waals surface area contributed by atoms with Gasteiger partial charge in [0, 0.05) is 5.56 Å². The van der Waals surface area contributed by atoms with Gasteiger partial charge >= 0.3 is 18.5 Å². The monoisotopic (exact) mass is 353 g/mol. The molecule has 0 heterocycles. The van der Waals surface area contributed by atoms with Gasteiger partial charge in [0.05, 0.1) is 16.7 Å². The lowest BCUT2D eigenvalue weighted by Gasteiger charge is -2.24. The molecule has 1 radical (unpaired) electrons. The fourth-order valence-corrected chi connectivity index (χ4v) is 1.93. The van der Waals surface area contributed by atoms with E-state index in [4.69, 9.17) is 0 Å². The van der Waals surface area contributed by atoms with Crippen molar-refractivity contribution in [1.29, 1.82) is 0 Å². The maximum Gasteiger partial charge on any atom is 0.416 e. The Morgan fingerprint density at radius 1 is 0.739 bits per heavy atom. The summed E-state index contributed by atoms with van der Waals surface area (Å²) in [5.74, 6) is -1.19. The Hall–Kier alpha value is -1.45. The van der Waals surface area contributed by atoms with Gasteiger partial charge in [-0.2, -0.15) is 39.5 Å². The molecule has 0 amide bonds. The van der Waals surface area contributed by atoms with Gasteiger partial charge in [-0.3, -0.25) is 0 Å². The van der Waals surface area contributed by atoms with Crippen LogP contribution < -0.4 is 0 Å². The number of rotatable bonds is 2. The van der Waals surface area contributed by atoms with E-state index in [2.05, 4.69) is 0 Å². The van der Waals surface area contributed by atoms with E-state index < -0.39 is 64.9 Å². The summed E-state index contributed by atoms with van der Waals surface area (Å²) < 4.78 is 115. The van der Waals surface area contributed by atoms with Gasteiger partial charge in [0.2, 0.25) is 0 Å². The standard InChI is InChI=1S/C13H10F9O/c1-5(2)10(23)9-7(12(17,18)19)3-6(11(14,15)16)4-8(9)13(20,21)22/h3-5,10H,1-2H3. The van der Waals surface area contributed by atoms with Crippen LogP contribution in [0, 0.1) is 5.92 Å². The third-order valence-corrected chi connectivity index (χ3v) is 3.01. The largest absolute Gasteiger partial charge is 0.416 e. The normalized spacial score (nSPS) is 15.2. The summed E-state index contributed by atoms with van der Waals surface area (Å²) in [5.41, 5.74) is -8.26. The van der Waals surface area contributed by atoms with Crippen LogP contribution in [0.1, 0.15) is 42.2 Å². The van der Waals surface area contributed by atoms with Crippen LogP contribution in [0.5, 0.6) is 0 Å². The molecule has 23 heavy (non-hydrogen) atoms. The maximum absolute atomic E-state index is 12.9. The second kappa shape index (κ2) is 5.88. The number of alkyl halides is 9. The summed E-state index contributed by atoms with van der Waals surface area (Å²) >= 11 is 0. The molecule has 10 heteroatoms. The summed E-state index contributed by atoms with van der Waals surface area (Å²) in [4.78, 5) is 0. The molecule has 0 aliphatic heterocycles. The second-order valence-electron chi connectivity index (χ2n) is 5.14. The van der Waals surface area contributed by atoms with Crippen LogP contribution in [0.15, 0.2) is 12.1 Å².